The minimum Gasteiger partial charge on any atom is -0.456 e. The Kier molecular flexibility index (Phi) is 8.24. The molecule has 0 saturated heterocycles. The first-order chi connectivity index (χ1) is 25.8. The van der Waals surface area contributed by atoms with E-state index in [0.717, 1.165) is 39.4 Å². The van der Waals surface area contributed by atoms with Crippen LogP contribution >= 0.6 is 0 Å². The van der Waals surface area contributed by atoms with E-state index in [9.17, 15) is 0 Å². The zero-order chi connectivity index (χ0) is 34.7. The third kappa shape index (κ3) is 6.19. The topological polar surface area (TPSA) is 16.4 Å². The molecule has 0 aliphatic carbocycles. The molecule has 52 heavy (non-hydrogen) atoms. The van der Waals surface area contributed by atoms with Crippen LogP contribution in [0.5, 0.6) is 0 Å². The lowest BCUT2D eigenvalue weighted by Crippen LogP contribution is -2.10. The number of nitrogens with zero attached hydrogens (tertiary/aromatic N) is 1. The van der Waals surface area contributed by atoms with Crippen LogP contribution in [0.1, 0.15) is 0 Å². The molecule has 0 saturated carbocycles. The number of rotatable bonds is 8. The fourth-order valence-electron chi connectivity index (χ4n) is 7.05. The third-order valence-electron chi connectivity index (χ3n) is 9.71. The lowest BCUT2D eigenvalue weighted by Gasteiger charge is -2.26. The van der Waals surface area contributed by atoms with Gasteiger partial charge in [0.15, 0.2) is 0 Å². The van der Waals surface area contributed by atoms with E-state index in [1.807, 2.05) is 18.2 Å². The Bertz CT molecular complexity index is 2550. The summed E-state index contributed by atoms with van der Waals surface area (Å²) in [6.07, 6.45) is 0. The summed E-state index contributed by atoms with van der Waals surface area (Å²) in [5, 5.41) is 1.10. The minimum atomic E-state index is 0.852. The van der Waals surface area contributed by atoms with Crippen molar-refractivity contribution in [3.05, 3.63) is 212 Å². The smallest absolute Gasteiger partial charge is 0.135 e. The fourth-order valence-corrected chi connectivity index (χ4v) is 7.05. The van der Waals surface area contributed by atoms with Crippen LogP contribution in [0, 0.1) is 0 Å². The van der Waals surface area contributed by atoms with Crippen molar-refractivity contribution >= 4 is 28.0 Å². The Balaban J connectivity index is 1.09. The molecule has 0 aliphatic rings. The van der Waals surface area contributed by atoms with Crippen molar-refractivity contribution in [3.63, 3.8) is 0 Å². The molecule has 1 heterocycles. The minimum absolute atomic E-state index is 0.852. The Morgan fingerprint density at radius 1 is 0.288 bits per heavy atom. The summed E-state index contributed by atoms with van der Waals surface area (Å²) < 4.78 is 6.30. The molecule has 2 nitrogen and oxygen atoms in total. The maximum absolute atomic E-state index is 6.30. The number of para-hydroxylation sites is 1. The molecule has 0 spiro atoms. The lowest BCUT2D eigenvalue weighted by atomic mass is 9.94. The molecule has 9 rings (SSSR count). The van der Waals surface area contributed by atoms with Gasteiger partial charge in [0.2, 0.25) is 0 Å². The normalized spacial score (nSPS) is 11.1. The van der Waals surface area contributed by atoms with Gasteiger partial charge in [0.1, 0.15) is 11.3 Å². The van der Waals surface area contributed by atoms with Crippen molar-refractivity contribution in [1.82, 2.24) is 0 Å². The molecule has 0 N–H and O–H groups in total. The van der Waals surface area contributed by atoms with Crippen LogP contribution < -0.4 is 4.90 Å². The molecule has 9 aromatic rings. The van der Waals surface area contributed by atoms with Gasteiger partial charge in [0, 0.05) is 28.0 Å². The molecule has 0 amide bonds. The maximum atomic E-state index is 6.30. The average Bonchev–Trinajstić information content (AvgIpc) is 3.67. The van der Waals surface area contributed by atoms with Crippen molar-refractivity contribution in [1.29, 1.82) is 0 Å². The van der Waals surface area contributed by atoms with Crippen molar-refractivity contribution in [3.8, 4) is 55.8 Å². The van der Waals surface area contributed by atoms with Crippen LogP contribution in [0.4, 0.5) is 17.1 Å². The number of hydrogen-bond acceptors (Lipinski definition) is 2. The largest absolute Gasteiger partial charge is 0.456 e. The fraction of sp³-hybridized carbons (Fsp3) is 0. The number of fused-ring (bicyclic) bond motifs is 1. The first-order valence-corrected chi connectivity index (χ1v) is 17.7. The van der Waals surface area contributed by atoms with Gasteiger partial charge in [-0.3, -0.25) is 0 Å². The second kappa shape index (κ2) is 13.8. The highest BCUT2D eigenvalue weighted by molar-refractivity contribution is 5.87. The molecule has 8 aromatic carbocycles. The van der Waals surface area contributed by atoms with E-state index in [1.165, 1.54) is 44.5 Å². The van der Waals surface area contributed by atoms with Gasteiger partial charge >= 0.3 is 0 Å². The summed E-state index contributed by atoms with van der Waals surface area (Å²) in [4.78, 5) is 2.32. The third-order valence-corrected chi connectivity index (χ3v) is 9.71. The zero-order valence-corrected chi connectivity index (χ0v) is 28.6. The van der Waals surface area contributed by atoms with Gasteiger partial charge in [-0.05, 0) is 93.0 Å². The van der Waals surface area contributed by atoms with E-state index in [2.05, 4.69) is 199 Å². The molecule has 1 aromatic heterocycles. The highest BCUT2D eigenvalue weighted by Gasteiger charge is 2.16. The molecule has 0 aliphatic heterocycles. The van der Waals surface area contributed by atoms with Crippen LogP contribution in [0.2, 0.25) is 0 Å². The number of benzene rings is 8. The molecule has 0 radical (unpaired) electrons. The summed E-state index contributed by atoms with van der Waals surface area (Å²) >= 11 is 0. The SMILES string of the molecule is c1ccc(-c2ccc(-c3ccc(N(c4ccc(-c5ccccc5-c5ccccc5)cc4)c4cccc(-c5cc6ccccc6o5)c4)cc3)cc2)cc1. The Morgan fingerprint density at radius 2 is 0.731 bits per heavy atom. The standard InChI is InChI=1S/C50H35NO/c1-3-12-36(13-4-1)37-22-24-38(25-23-37)39-26-30-44(31-27-39)51(46-18-11-17-42(34-46)50-35-43-16-7-10-21-49(43)52-50)45-32-28-41(29-33-45)48-20-9-8-19-47(48)40-14-5-2-6-15-40/h1-35H. The highest BCUT2D eigenvalue weighted by Crippen LogP contribution is 2.40. The van der Waals surface area contributed by atoms with Gasteiger partial charge in [-0.1, -0.05) is 164 Å². The summed E-state index contributed by atoms with van der Waals surface area (Å²) in [5.41, 5.74) is 14.7. The zero-order valence-electron chi connectivity index (χ0n) is 28.6. The molecular weight excluding hydrogens is 631 g/mol. The molecular formula is C50H35NO. The quantitative estimate of drug-likeness (QED) is 0.161. The molecule has 2 heteroatoms. The second-order valence-corrected chi connectivity index (χ2v) is 13.0. The van der Waals surface area contributed by atoms with Crippen LogP contribution in [-0.4, -0.2) is 0 Å². The monoisotopic (exact) mass is 665 g/mol. The molecule has 0 unspecified atom stereocenters. The van der Waals surface area contributed by atoms with E-state index in [4.69, 9.17) is 4.42 Å². The van der Waals surface area contributed by atoms with Crippen molar-refractivity contribution in [2.75, 3.05) is 4.90 Å². The van der Waals surface area contributed by atoms with Gasteiger partial charge in [-0.2, -0.15) is 0 Å². The predicted molar refractivity (Wildman–Crippen MR) is 218 cm³/mol. The highest BCUT2D eigenvalue weighted by atomic mass is 16.3. The maximum Gasteiger partial charge on any atom is 0.135 e. The van der Waals surface area contributed by atoms with Gasteiger partial charge in [0.05, 0.1) is 0 Å². The summed E-state index contributed by atoms with van der Waals surface area (Å²) in [5.74, 6) is 0.852. The second-order valence-electron chi connectivity index (χ2n) is 13.0. The van der Waals surface area contributed by atoms with Crippen molar-refractivity contribution in [2.24, 2.45) is 0 Å². The van der Waals surface area contributed by atoms with E-state index in [-0.39, 0.29) is 0 Å². The van der Waals surface area contributed by atoms with E-state index < -0.39 is 0 Å². The van der Waals surface area contributed by atoms with Crippen LogP contribution in [0.25, 0.3) is 66.8 Å². The first-order valence-electron chi connectivity index (χ1n) is 17.7. The van der Waals surface area contributed by atoms with Gasteiger partial charge in [-0.15, -0.1) is 0 Å². The average molecular weight is 666 g/mol. The Labute approximate surface area is 304 Å². The molecule has 246 valence electrons. The number of furan rings is 1. The molecule has 0 atom stereocenters. The summed E-state index contributed by atoms with van der Waals surface area (Å²) in [7, 11) is 0. The van der Waals surface area contributed by atoms with E-state index in [0.29, 0.717) is 0 Å². The lowest BCUT2D eigenvalue weighted by molar-refractivity contribution is 0.631. The number of anilines is 3. The van der Waals surface area contributed by atoms with Gasteiger partial charge < -0.3 is 9.32 Å². The molecule has 0 fully saturated rings. The van der Waals surface area contributed by atoms with E-state index >= 15 is 0 Å². The Morgan fingerprint density at radius 3 is 1.33 bits per heavy atom. The molecule has 0 bridgehead atoms. The predicted octanol–water partition coefficient (Wildman–Crippen LogP) is 14.2. The first kappa shape index (κ1) is 31.1. The van der Waals surface area contributed by atoms with E-state index in [1.54, 1.807) is 0 Å². The van der Waals surface area contributed by atoms with Crippen molar-refractivity contribution in [2.45, 2.75) is 0 Å². The van der Waals surface area contributed by atoms with Crippen molar-refractivity contribution < 1.29 is 4.42 Å². The van der Waals surface area contributed by atoms with Crippen LogP contribution in [0.15, 0.2) is 217 Å². The van der Waals surface area contributed by atoms with Crippen LogP contribution in [-0.2, 0) is 0 Å². The van der Waals surface area contributed by atoms with Crippen LogP contribution in [0.3, 0.4) is 0 Å². The van der Waals surface area contributed by atoms with Gasteiger partial charge in [0.25, 0.3) is 0 Å². The van der Waals surface area contributed by atoms with Gasteiger partial charge in [-0.25, -0.2) is 0 Å². The summed E-state index contributed by atoms with van der Waals surface area (Å²) in [6.45, 7) is 0. The summed E-state index contributed by atoms with van der Waals surface area (Å²) in [6, 6.07) is 75.2. The number of hydrogen-bond donors (Lipinski definition) is 0. The Hall–Kier alpha value is -6.90.